The number of imidazole rings is 1. The molecular formula is C12H23N2O+. The Labute approximate surface area is 92.7 Å². The van der Waals surface area contributed by atoms with Gasteiger partial charge in [-0.15, -0.1) is 0 Å². The van der Waals surface area contributed by atoms with Gasteiger partial charge in [0.15, 0.2) is 0 Å². The zero-order valence-corrected chi connectivity index (χ0v) is 10.4. The number of aromatic nitrogens is 2. The molecule has 1 aromatic heterocycles. The quantitative estimate of drug-likeness (QED) is 0.658. The van der Waals surface area contributed by atoms with Crippen molar-refractivity contribution in [3.8, 4) is 0 Å². The smallest absolute Gasteiger partial charge is 0.243 e. The van der Waals surface area contributed by atoms with Crippen molar-refractivity contribution in [3.63, 3.8) is 0 Å². The summed E-state index contributed by atoms with van der Waals surface area (Å²) >= 11 is 0. The van der Waals surface area contributed by atoms with E-state index in [-0.39, 0.29) is 5.60 Å². The van der Waals surface area contributed by atoms with Crippen molar-refractivity contribution in [3.05, 3.63) is 18.7 Å². The normalized spacial score (nSPS) is 12.0. The summed E-state index contributed by atoms with van der Waals surface area (Å²) in [5.74, 6) is 0. The molecule has 0 aliphatic rings. The molecule has 0 spiro atoms. The number of hydrogen-bond acceptors (Lipinski definition) is 1. The number of ether oxygens (including phenoxy) is 1. The third kappa shape index (κ3) is 4.04. The number of nitrogens with zero attached hydrogens (tertiary/aromatic N) is 2. The van der Waals surface area contributed by atoms with Crippen molar-refractivity contribution in [1.29, 1.82) is 0 Å². The number of hydrogen-bond donors (Lipinski definition) is 0. The number of methoxy groups -OCH3 is 1. The van der Waals surface area contributed by atoms with Crippen LogP contribution >= 0.6 is 0 Å². The van der Waals surface area contributed by atoms with Crippen molar-refractivity contribution in [2.45, 2.75) is 52.3 Å². The van der Waals surface area contributed by atoms with E-state index in [1.807, 2.05) is 0 Å². The van der Waals surface area contributed by atoms with Gasteiger partial charge in [0.25, 0.3) is 0 Å². The average molecular weight is 211 g/mol. The highest BCUT2D eigenvalue weighted by Gasteiger charge is 2.20. The van der Waals surface area contributed by atoms with Crippen LogP contribution in [0.3, 0.4) is 0 Å². The predicted molar refractivity (Wildman–Crippen MR) is 60.6 cm³/mol. The Morgan fingerprint density at radius 1 is 1.40 bits per heavy atom. The Bertz CT molecular complexity index is 292. The van der Waals surface area contributed by atoms with Crippen LogP contribution in [-0.4, -0.2) is 17.3 Å². The van der Waals surface area contributed by atoms with E-state index in [4.69, 9.17) is 4.74 Å². The predicted octanol–water partition coefficient (Wildman–Crippen LogP) is 2.00. The maximum absolute atomic E-state index is 5.40. The fraction of sp³-hybridized carbons (Fsp3) is 0.750. The molecule has 0 unspecified atom stereocenters. The van der Waals surface area contributed by atoms with Gasteiger partial charge in [-0.3, -0.25) is 0 Å². The third-order valence-electron chi connectivity index (χ3n) is 2.63. The molecule has 0 saturated carbocycles. The van der Waals surface area contributed by atoms with E-state index in [9.17, 15) is 0 Å². The Kier molecular flexibility index (Phi) is 4.33. The minimum Gasteiger partial charge on any atom is -0.375 e. The number of rotatable bonds is 6. The maximum Gasteiger partial charge on any atom is 0.243 e. The van der Waals surface area contributed by atoms with Gasteiger partial charge in [-0.1, -0.05) is 13.3 Å². The highest BCUT2D eigenvalue weighted by molar-refractivity contribution is 4.68. The van der Waals surface area contributed by atoms with Crippen molar-refractivity contribution in [1.82, 2.24) is 4.57 Å². The van der Waals surface area contributed by atoms with Crippen LogP contribution in [0.4, 0.5) is 0 Å². The fourth-order valence-corrected chi connectivity index (χ4v) is 1.51. The maximum atomic E-state index is 5.40. The van der Waals surface area contributed by atoms with Crippen LogP contribution in [0.2, 0.25) is 0 Å². The molecule has 0 saturated heterocycles. The molecule has 0 aliphatic carbocycles. The van der Waals surface area contributed by atoms with E-state index >= 15 is 0 Å². The van der Waals surface area contributed by atoms with Crippen molar-refractivity contribution < 1.29 is 9.30 Å². The first-order valence-corrected chi connectivity index (χ1v) is 5.67. The van der Waals surface area contributed by atoms with Crippen LogP contribution in [0, 0.1) is 0 Å². The molecule has 86 valence electrons. The highest BCUT2D eigenvalue weighted by atomic mass is 16.5. The molecule has 15 heavy (non-hydrogen) atoms. The van der Waals surface area contributed by atoms with Crippen molar-refractivity contribution in [2.24, 2.45) is 0 Å². The largest absolute Gasteiger partial charge is 0.375 e. The van der Waals surface area contributed by atoms with E-state index in [0.717, 1.165) is 13.1 Å². The van der Waals surface area contributed by atoms with Crippen LogP contribution in [0.1, 0.15) is 33.6 Å². The summed E-state index contributed by atoms with van der Waals surface area (Å²) in [4.78, 5) is 0. The zero-order chi connectivity index (χ0) is 11.3. The van der Waals surface area contributed by atoms with E-state index in [1.165, 1.54) is 12.8 Å². The molecule has 0 radical (unpaired) electrons. The van der Waals surface area contributed by atoms with Gasteiger partial charge in [-0.05, 0) is 20.3 Å². The lowest BCUT2D eigenvalue weighted by atomic mass is 10.1. The second-order valence-electron chi connectivity index (χ2n) is 4.64. The molecular weight excluding hydrogens is 188 g/mol. The summed E-state index contributed by atoms with van der Waals surface area (Å²) in [5, 5.41) is 0. The minimum absolute atomic E-state index is 0.0956. The Morgan fingerprint density at radius 2 is 2.13 bits per heavy atom. The number of aryl methyl sites for hydroxylation is 1. The third-order valence-corrected chi connectivity index (χ3v) is 2.63. The van der Waals surface area contributed by atoms with Crippen LogP contribution in [0.15, 0.2) is 18.7 Å². The van der Waals surface area contributed by atoms with Crippen molar-refractivity contribution in [2.75, 3.05) is 7.11 Å². The van der Waals surface area contributed by atoms with Gasteiger partial charge in [0.05, 0.1) is 12.1 Å². The van der Waals surface area contributed by atoms with E-state index in [2.05, 4.69) is 48.6 Å². The van der Waals surface area contributed by atoms with E-state index in [1.54, 1.807) is 7.11 Å². The van der Waals surface area contributed by atoms with E-state index in [0.29, 0.717) is 0 Å². The Balaban J connectivity index is 2.52. The molecule has 0 bridgehead atoms. The van der Waals surface area contributed by atoms with Gasteiger partial charge in [-0.25, -0.2) is 9.13 Å². The summed E-state index contributed by atoms with van der Waals surface area (Å²) in [6, 6.07) is 0. The van der Waals surface area contributed by atoms with Crippen LogP contribution < -0.4 is 4.57 Å². The fourth-order valence-electron chi connectivity index (χ4n) is 1.51. The molecule has 0 N–H and O–H groups in total. The van der Waals surface area contributed by atoms with Gasteiger partial charge in [0, 0.05) is 7.11 Å². The lowest BCUT2D eigenvalue weighted by Gasteiger charge is -2.19. The van der Waals surface area contributed by atoms with Gasteiger partial charge < -0.3 is 4.74 Å². The summed E-state index contributed by atoms with van der Waals surface area (Å²) < 4.78 is 9.81. The molecule has 0 atom stereocenters. The summed E-state index contributed by atoms with van der Waals surface area (Å²) in [6.07, 6.45) is 8.86. The average Bonchev–Trinajstić information content (AvgIpc) is 2.62. The van der Waals surface area contributed by atoms with Crippen LogP contribution in [0.5, 0.6) is 0 Å². The van der Waals surface area contributed by atoms with Crippen LogP contribution in [-0.2, 0) is 17.8 Å². The lowest BCUT2D eigenvalue weighted by molar-refractivity contribution is -0.708. The van der Waals surface area contributed by atoms with Crippen LogP contribution in [0.25, 0.3) is 0 Å². The molecule has 3 heteroatoms. The molecule has 0 fully saturated rings. The van der Waals surface area contributed by atoms with Gasteiger partial charge in [0.1, 0.15) is 18.9 Å². The first-order valence-electron chi connectivity index (χ1n) is 5.67. The molecule has 1 rings (SSSR count). The second-order valence-corrected chi connectivity index (χ2v) is 4.64. The number of unbranched alkanes of at least 4 members (excludes halogenated alkanes) is 1. The summed E-state index contributed by atoms with van der Waals surface area (Å²) in [7, 11) is 1.76. The molecule has 3 nitrogen and oxygen atoms in total. The molecule has 0 amide bonds. The topological polar surface area (TPSA) is 18.0 Å². The van der Waals surface area contributed by atoms with E-state index < -0.39 is 0 Å². The first-order chi connectivity index (χ1) is 7.07. The highest BCUT2D eigenvalue weighted by Crippen LogP contribution is 2.06. The van der Waals surface area contributed by atoms with Crippen molar-refractivity contribution >= 4 is 0 Å². The zero-order valence-electron chi connectivity index (χ0n) is 10.4. The molecule has 1 heterocycles. The molecule has 0 aromatic carbocycles. The monoisotopic (exact) mass is 211 g/mol. The minimum atomic E-state index is -0.0956. The summed E-state index contributed by atoms with van der Waals surface area (Å²) in [6.45, 7) is 8.41. The molecule has 1 aromatic rings. The lowest BCUT2D eigenvalue weighted by Crippen LogP contribution is -2.44. The second kappa shape index (κ2) is 5.31. The van der Waals surface area contributed by atoms with Gasteiger partial charge in [-0.2, -0.15) is 0 Å². The van der Waals surface area contributed by atoms with Gasteiger partial charge in [0.2, 0.25) is 6.33 Å². The Hall–Kier alpha value is -0.830. The summed E-state index contributed by atoms with van der Waals surface area (Å²) in [5.41, 5.74) is -0.0956. The van der Waals surface area contributed by atoms with Gasteiger partial charge >= 0.3 is 0 Å². The Morgan fingerprint density at radius 3 is 2.73 bits per heavy atom. The molecule has 0 aliphatic heterocycles. The standard InChI is InChI=1S/C12H23N2O/c1-5-6-7-13-8-9-14(11-13)10-12(2,3)15-4/h8-9,11H,5-7,10H2,1-4H3/q+1. The SMILES string of the molecule is CCCCn1cc[n+](CC(C)(C)OC)c1. The first kappa shape index (κ1) is 12.2.